The molecular formula is C11H9BrFN3O. The monoisotopic (exact) mass is 297 g/mol. The Hall–Kier alpha value is -1.53. The molecule has 0 saturated carbocycles. The molecule has 0 saturated heterocycles. The molecule has 0 bridgehead atoms. The maximum absolute atomic E-state index is 13.5. The summed E-state index contributed by atoms with van der Waals surface area (Å²) in [6, 6.07) is 6.23. The summed E-state index contributed by atoms with van der Waals surface area (Å²) in [5, 5.41) is 0. The second-order valence-electron chi connectivity index (χ2n) is 3.21. The molecule has 0 spiro atoms. The highest BCUT2D eigenvalue weighted by atomic mass is 79.9. The van der Waals surface area contributed by atoms with Crippen molar-refractivity contribution in [1.82, 2.24) is 9.97 Å². The molecule has 0 amide bonds. The minimum absolute atomic E-state index is 0.0716. The second kappa shape index (κ2) is 5.20. The Kier molecular flexibility index (Phi) is 3.65. The average molecular weight is 298 g/mol. The van der Waals surface area contributed by atoms with E-state index in [0.29, 0.717) is 10.2 Å². The molecule has 0 radical (unpaired) electrons. The zero-order chi connectivity index (χ0) is 12.3. The zero-order valence-corrected chi connectivity index (χ0v) is 10.3. The molecule has 0 atom stereocenters. The third-order valence-corrected chi connectivity index (χ3v) is 2.49. The van der Waals surface area contributed by atoms with Crippen LogP contribution in [0.1, 0.15) is 5.69 Å². The van der Waals surface area contributed by atoms with Crippen LogP contribution in [0.2, 0.25) is 0 Å². The van der Waals surface area contributed by atoms with E-state index in [1.165, 1.54) is 18.3 Å². The number of nitrogens with two attached hydrogens (primary N) is 1. The Morgan fingerprint density at radius 3 is 2.88 bits per heavy atom. The zero-order valence-electron chi connectivity index (χ0n) is 8.73. The Morgan fingerprint density at radius 2 is 2.18 bits per heavy atom. The fourth-order valence-electron chi connectivity index (χ4n) is 1.20. The van der Waals surface area contributed by atoms with Crippen LogP contribution in [0.15, 0.2) is 34.9 Å². The first-order valence-corrected chi connectivity index (χ1v) is 5.63. The van der Waals surface area contributed by atoms with E-state index in [1.54, 1.807) is 12.1 Å². The summed E-state index contributed by atoms with van der Waals surface area (Å²) >= 11 is 3.16. The molecule has 1 aromatic carbocycles. The quantitative estimate of drug-likeness (QED) is 0.946. The van der Waals surface area contributed by atoms with E-state index in [-0.39, 0.29) is 18.3 Å². The van der Waals surface area contributed by atoms with Gasteiger partial charge in [-0.1, -0.05) is 15.9 Å². The lowest BCUT2D eigenvalue weighted by atomic mass is 10.3. The number of rotatable bonds is 3. The minimum Gasteiger partial charge on any atom is -0.421 e. The third-order valence-electron chi connectivity index (χ3n) is 2.00. The van der Waals surface area contributed by atoms with Gasteiger partial charge in [-0.25, -0.2) is 9.37 Å². The lowest BCUT2D eigenvalue weighted by Gasteiger charge is -2.05. The van der Waals surface area contributed by atoms with Gasteiger partial charge in [0.1, 0.15) is 0 Å². The second-order valence-corrected chi connectivity index (χ2v) is 4.13. The van der Waals surface area contributed by atoms with Gasteiger partial charge in [0.2, 0.25) is 0 Å². The molecular weight excluding hydrogens is 289 g/mol. The van der Waals surface area contributed by atoms with Gasteiger partial charge in [-0.05, 0) is 24.3 Å². The average Bonchev–Trinajstić information content (AvgIpc) is 2.33. The van der Waals surface area contributed by atoms with Crippen LogP contribution in [0.25, 0.3) is 0 Å². The molecule has 0 aliphatic rings. The van der Waals surface area contributed by atoms with Crippen LogP contribution in [-0.4, -0.2) is 9.97 Å². The van der Waals surface area contributed by atoms with Crippen LogP contribution < -0.4 is 10.5 Å². The topological polar surface area (TPSA) is 61.0 Å². The van der Waals surface area contributed by atoms with E-state index in [0.717, 1.165) is 0 Å². The highest BCUT2D eigenvalue weighted by Crippen LogP contribution is 2.24. The Bertz CT molecular complexity index is 536. The highest BCUT2D eigenvalue weighted by molar-refractivity contribution is 9.10. The van der Waals surface area contributed by atoms with Crippen LogP contribution in [0.5, 0.6) is 11.8 Å². The molecule has 2 aromatic rings. The Morgan fingerprint density at radius 1 is 1.35 bits per heavy atom. The molecule has 1 heterocycles. The summed E-state index contributed by atoms with van der Waals surface area (Å²) in [6.45, 7) is 0.279. The van der Waals surface area contributed by atoms with Crippen molar-refractivity contribution in [3.8, 4) is 11.8 Å². The van der Waals surface area contributed by atoms with E-state index < -0.39 is 5.82 Å². The van der Waals surface area contributed by atoms with Crippen LogP contribution in [0.4, 0.5) is 4.39 Å². The van der Waals surface area contributed by atoms with E-state index in [9.17, 15) is 4.39 Å². The summed E-state index contributed by atoms with van der Waals surface area (Å²) in [5.41, 5.74) is 6.07. The smallest absolute Gasteiger partial charge is 0.322 e. The Labute approximate surface area is 106 Å². The van der Waals surface area contributed by atoms with E-state index in [2.05, 4.69) is 25.9 Å². The number of aromatic nitrogens is 2. The van der Waals surface area contributed by atoms with Crippen LogP contribution >= 0.6 is 15.9 Å². The number of hydrogen-bond donors (Lipinski definition) is 1. The maximum Gasteiger partial charge on any atom is 0.322 e. The molecule has 88 valence electrons. The van der Waals surface area contributed by atoms with Gasteiger partial charge >= 0.3 is 6.01 Å². The predicted molar refractivity (Wildman–Crippen MR) is 64.1 cm³/mol. The van der Waals surface area contributed by atoms with Gasteiger partial charge in [0.25, 0.3) is 0 Å². The largest absolute Gasteiger partial charge is 0.421 e. The molecule has 17 heavy (non-hydrogen) atoms. The molecule has 2 rings (SSSR count). The molecule has 0 aliphatic heterocycles. The third kappa shape index (κ3) is 2.98. The first-order chi connectivity index (χ1) is 8.19. The SMILES string of the molecule is NCc1ccnc(Oc2ccc(Br)cc2F)n1. The molecule has 1 aromatic heterocycles. The van der Waals surface area contributed by atoms with Crippen molar-refractivity contribution in [2.75, 3.05) is 0 Å². The summed E-state index contributed by atoms with van der Waals surface area (Å²) in [5.74, 6) is -0.413. The normalized spacial score (nSPS) is 10.3. The van der Waals surface area contributed by atoms with E-state index in [4.69, 9.17) is 10.5 Å². The van der Waals surface area contributed by atoms with Crippen LogP contribution in [0, 0.1) is 5.82 Å². The standard InChI is InChI=1S/C11H9BrFN3O/c12-7-1-2-10(9(13)5-7)17-11-15-4-3-8(6-14)16-11/h1-5H,6,14H2. The number of ether oxygens (including phenoxy) is 1. The summed E-state index contributed by atoms with van der Waals surface area (Å²) in [7, 11) is 0. The van der Waals surface area contributed by atoms with E-state index in [1.807, 2.05) is 0 Å². The molecule has 0 aliphatic carbocycles. The molecule has 4 nitrogen and oxygen atoms in total. The maximum atomic E-state index is 13.5. The molecule has 2 N–H and O–H groups in total. The van der Waals surface area contributed by atoms with Crippen molar-refractivity contribution in [3.63, 3.8) is 0 Å². The summed E-state index contributed by atoms with van der Waals surface area (Å²) < 4.78 is 19.4. The van der Waals surface area contributed by atoms with Gasteiger partial charge in [-0.15, -0.1) is 0 Å². The summed E-state index contributed by atoms with van der Waals surface area (Å²) in [4.78, 5) is 7.89. The number of hydrogen-bond acceptors (Lipinski definition) is 4. The predicted octanol–water partition coefficient (Wildman–Crippen LogP) is 2.63. The fourth-order valence-corrected chi connectivity index (χ4v) is 1.53. The van der Waals surface area contributed by atoms with Crippen molar-refractivity contribution in [1.29, 1.82) is 0 Å². The number of benzene rings is 1. The van der Waals surface area contributed by atoms with E-state index >= 15 is 0 Å². The van der Waals surface area contributed by atoms with Crippen molar-refractivity contribution in [3.05, 3.63) is 46.4 Å². The van der Waals surface area contributed by atoms with Crippen molar-refractivity contribution in [2.45, 2.75) is 6.54 Å². The van der Waals surface area contributed by atoms with Gasteiger partial charge in [-0.2, -0.15) is 4.98 Å². The van der Waals surface area contributed by atoms with Crippen LogP contribution in [0.3, 0.4) is 0 Å². The first kappa shape index (κ1) is 11.9. The fraction of sp³-hybridized carbons (Fsp3) is 0.0909. The van der Waals surface area contributed by atoms with Crippen molar-refractivity contribution < 1.29 is 9.13 Å². The van der Waals surface area contributed by atoms with Gasteiger partial charge in [0.15, 0.2) is 11.6 Å². The molecule has 0 fully saturated rings. The van der Waals surface area contributed by atoms with Crippen molar-refractivity contribution >= 4 is 15.9 Å². The van der Waals surface area contributed by atoms with Gasteiger partial charge in [0, 0.05) is 17.2 Å². The molecule has 6 heteroatoms. The van der Waals surface area contributed by atoms with Crippen molar-refractivity contribution in [2.24, 2.45) is 5.73 Å². The first-order valence-electron chi connectivity index (χ1n) is 4.84. The lowest BCUT2D eigenvalue weighted by Crippen LogP contribution is -2.02. The van der Waals surface area contributed by atoms with Gasteiger partial charge in [0.05, 0.1) is 5.69 Å². The summed E-state index contributed by atoms with van der Waals surface area (Å²) in [6.07, 6.45) is 1.52. The minimum atomic E-state index is -0.485. The number of halogens is 2. The van der Waals surface area contributed by atoms with Gasteiger partial charge in [-0.3, -0.25) is 0 Å². The van der Waals surface area contributed by atoms with Crippen LogP contribution in [-0.2, 0) is 6.54 Å². The molecule has 0 unspecified atom stereocenters. The lowest BCUT2D eigenvalue weighted by molar-refractivity contribution is 0.409. The number of nitrogens with zero attached hydrogens (tertiary/aromatic N) is 2. The van der Waals surface area contributed by atoms with Gasteiger partial charge < -0.3 is 10.5 Å². The Balaban J connectivity index is 2.25. The highest BCUT2D eigenvalue weighted by Gasteiger charge is 2.07.